The molecule has 44 valence electrons. The van der Waals surface area contributed by atoms with Crippen LogP contribution in [0.4, 0.5) is 0 Å². The van der Waals surface area contributed by atoms with Crippen molar-refractivity contribution in [3.05, 3.63) is 23.0 Å². The Labute approximate surface area is 57.6 Å². The van der Waals surface area contributed by atoms with Crippen LogP contribution in [0.5, 0.6) is 0 Å². The van der Waals surface area contributed by atoms with Gasteiger partial charge in [0.1, 0.15) is 5.15 Å². The summed E-state index contributed by atoms with van der Waals surface area (Å²) in [6.07, 6.45) is 1.76. The molecule has 0 aromatic carbocycles. The van der Waals surface area contributed by atoms with Crippen molar-refractivity contribution in [3.8, 4) is 0 Å². The van der Waals surface area contributed by atoms with Crippen LogP contribution in [0.1, 0.15) is 5.56 Å². The van der Waals surface area contributed by atoms with E-state index >= 15 is 0 Å². The molecule has 0 bridgehead atoms. The number of alkyl halides is 1. The second kappa shape index (κ2) is 2.42. The lowest BCUT2D eigenvalue weighted by Crippen LogP contribution is -1.69. The predicted octanol–water partition coefficient (Wildman–Crippen LogP) is 2.41. The van der Waals surface area contributed by atoms with Crippen LogP contribution in [0.2, 0.25) is 5.15 Å². The average Bonchev–Trinajstić information content (AvgIpc) is 2.14. The highest BCUT2D eigenvalue weighted by Crippen LogP contribution is 2.14. The molecule has 0 atom stereocenters. The summed E-state index contributed by atoms with van der Waals surface area (Å²) < 4.78 is 0. The third kappa shape index (κ3) is 0.984. The predicted molar refractivity (Wildman–Crippen MR) is 35.4 cm³/mol. The fourth-order valence-electron chi connectivity index (χ4n) is 0.484. The van der Waals surface area contributed by atoms with Crippen molar-refractivity contribution in [2.24, 2.45) is 0 Å². The number of aromatic amines is 1. The first-order valence-corrected chi connectivity index (χ1v) is 3.13. The number of H-pyrrole nitrogens is 1. The van der Waals surface area contributed by atoms with Crippen molar-refractivity contribution in [2.75, 3.05) is 0 Å². The molecule has 0 aliphatic rings. The highest BCUT2D eigenvalue weighted by atomic mass is 35.5. The van der Waals surface area contributed by atoms with Gasteiger partial charge in [0.05, 0.1) is 5.88 Å². The minimum atomic E-state index is 0.475. The number of hydrogen-bond acceptors (Lipinski definition) is 0. The number of rotatable bonds is 1. The SMILES string of the molecule is ClCc1cc[nH]c1Cl. The van der Waals surface area contributed by atoms with E-state index in [4.69, 9.17) is 23.2 Å². The number of hydrogen-bond donors (Lipinski definition) is 1. The Morgan fingerprint density at radius 3 is 2.62 bits per heavy atom. The molecule has 0 spiro atoms. The van der Waals surface area contributed by atoms with Crippen LogP contribution in [0, 0.1) is 0 Å². The molecule has 1 aromatic heterocycles. The molecule has 0 aliphatic heterocycles. The lowest BCUT2D eigenvalue weighted by Gasteiger charge is -1.84. The monoisotopic (exact) mass is 149 g/mol. The van der Waals surface area contributed by atoms with Gasteiger partial charge in [-0.05, 0) is 6.07 Å². The Morgan fingerprint density at radius 1 is 1.62 bits per heavy atom. The van der Waals surface area contributed by atoms with E-state index in [1.54, 1.807) is 6.20 Å². The van der Waals surface area contributed by atoms with Crippen LogP contribution in [-0.4, -0.2) is 4.98 Å². The molecular weight excluding hydrogens is 145 g/mol. The van der Waals surface area contributed by atoms with Crippen LogP contribution in [0.25, 0.3) is 0 Å². The summed E-state index contributed by atoms with van der Waals surface area (Å²) >= 11 is 11.1. The summed E-state index contributed by atoms with van der Waals surface area (Å²) in [6.45, 7) is 0. The average molecular weight is 150 g/mol. The molecule has 8 heavy (non-hydrogen) atoms. The van der Waals surface area contributed by atoms with E-state index in [9.17, 15) is 0 Å². The zero-order valence-corrected chi connectivity index (χ0v) is 5.63. The van der Waals surface area contributed by atoms with E-state index in [1.165, 1.54) is 0 Å². The van der Waals surface area contributed by atoms with E-state index in [-0.39, 0.29) is 0 Å². The third-order valence-electron chi connectivity index (χ3n) is 0.920. The summed E-state index contributed by atoms with van der Waals surface area (Å²) in [5.41, 5.74) is 0.952. The van der Waals surface area contributed by atoms with Crippen LogP contribution in [0.3, 0.4) is 0 Å². The van der Waals surface area contributed by atoms with Crippen LogP contribution < -0.4 is 0 Å². The first-order valence-electron chi connectivity index (χ1n) is 2.22. The molecule has 1 aromatic rings. The van der Waals surface area contributed by atoms with E-state index in [1.807, 2.05) is 6.07 Å². The number of halogens is 2. The van der Waals surface area contributed by atoms with E-state index in [0.29, 0.717) is 11.0 Å². The highest BCUT2D eigenvalue weighted by Gasteiger charge is 1.95. The van der Waals surface area contributed by atoms with Crippen molar-refractivity contribution in [2.45, 2.75) is 5.88 Å². The summed E-state index contributed by atoms with van der Waals surface area (Å²) in [5, 5.41) is 0.639. The van der Waals surface area contributed by atoms with Gasteiger partial charge in [0.15, 0.2) is 0 Å². The maximum absolute atomic E-state index is 5.60. The first kappa shape index (κ1) is 5.99. The van der Waals surface area contributed by atoms with Crippen LogP contribution in [0.15, 0.2) is 12.3 Å². The molecule has 0 aliphatic carbocycles. The van der Waals surface area contributed by atoms with Crippen molar-refractivity contribution < 1.29 is 0 Å². The first-order chi connectivity index (χ1) is 3.84. The molecule has 1 N–H and O–H groups in total. The fourth-order valence-corrected chi connectivity index (χ4v) is 0.968. The summed E-state index contributed by atoms with van der Waals surface area (Å²) in [5.74, 6) is 0.475. The fraction of sp³-hybridized carbons (Fsp3) is 0.200. The smallest absolute Gasteiger partial charge is 0.110 e. The lowest BCUT2D eigenvalue weighted by atomic mass is 10.4. The molecular formula is C5H5Cl2N. The molecule has 0 unspecified atom stereocenters. The van der Waals surface area contributed by atoms with Crippen molar-refractivity contribution in [3.63, 3.8) is 0 Å². The van der Waals surface area contributed by atoms with E-state index in [2.05, 4.69) is 4.98 Å². The normalized spacial score (nSPS) is 9.75. The largest absolute Gasteiger partial charge is 0.352 e. The molecule has 0 amide bonds. The standard InChI is InChI=1S/C5H5Cl2N/c6-3-4-1-2-8-5(4)7/h1-2,8H,3H2. The molecule has 0 saturated carbocycles. The zero-order chi connectivity index (χ0) is 5.98. The Kier molecular flexibility index (Phi) is 1.81. The Balaban J connectivity index is 2.92. The van der Waals surface area contributed by atoms with Gasteiger partial charge in [0, 0.05) is 11.8 Å². The molecule has 3 heteroatoms. The molecule has 0 radical (unpaired) electrons. The molecule has 1 rings (SSSR count). The zero-order valence-electron chi connectivity index (χ0n) is 4.12. The molecule has 1 heterocycles. The Hall–Kier alpha value is -0.140. The van der Waals surface area contributed by atoms with Gasteiger partial charge in [0.2, 0.25) is 0 Å². The van der Waals surface area contributed by atoms with E-state index < -0.39 is 0 Å². The van der Waals surface area contributed by atoms with Crippen molar-refractivity contribution >= 4 is 23.2 Å². The van der Waals surface area contributed by atoms with Gasteiger partial charge < -0.3 is 4.98 Å². The topological polar surface area (TPSA) is 15.8 Å². The lowest BCUT2D eigenvalue weighted by molar-refractivity contribution is 1.36. The third-order valence-corrected chi connectivity index (χ3v) is 1.56. The van der Waals surface area contributed by atoms with Gasteiger partial charge in [-0.3, -0.25) is 0 Å². The summed E-state index contributed by atoms with van der Waals surface area (Å²) in [6, 6.07) is 1.86. The second-order valence-electron chi connectivity index (χ2n) is 1.45. The second-order valence-corrected chi connectivity index (χ2v) is 2.10. The van der Waals surface area contributed by atoms with Crippen molar-refractivity contribution in [1.82, 2.24) is 4.98 Å². The van der Waals surface area contributed by atoms with Gasteiger partial charge in [-0.15, -0.1) is 11.6 Å². The minimum absolute atomic E-state index is 0.475. The quantitative estimate of drug-likeness (QED) is 0.591. The maximum Gasteiger partial charge on any atom is 0.110 e. The van der Waals surface area contributed by atoms with Gasteiger partial charge in [-0.2, -0.15) is 0 Å². The van der Waals surface area contributed by atoms with Crippen LogP contribution >= 0.6 is 23.2 Å². The van der Waals surface area contributed by atoms with Crippen molar-refractivity contribution in [1.29, 1.82) is 0 Å². The van der Waals surface area contributed by atoms with Gasteiger partial charge in [0.25, 0.3) is 0 Å². The maximum atomic E-state index is 5.60. The molecule has 0 fully saturated rings. The molecule has 0 saturated heterocycles. The summed E-state index contributed by atoms with van der Waals surface area (Å²) in [4.78, 5) is 2.80. The molecule has 1 nitrogen and oxygen atoms in total. The minimum Gasteiger partial charge on any atom is -0.352 e. The Morgan fingerprint density at radius 2 is 2.38 bits per heavy atom. The highest BCUT2D eigenvalue weighted by molar-refractivity contribution is 6.31. The van der Waals surface area contributed by atoms with Gasteiger partial charge >= 0.3 is 0 Å². The van der Waals surface area contributed by atoms with E-state index in [0.717, 1.165) is 5.56 Å². The number of aromatic nitrogens is 1. The van der Waals surface area contributed by atoms with Gasteiger partial charge in [-0.1, -0.05) is 11.6 Å². The Bertz CT molecular complexity index is 171. The van der Waals surface area contributed by atoms with Gasteiger partial charge in [-0.25, -0.2) is 0 Å². The van der Waals surface area contributed by atoms with Crippen LogP contribution in [-0.2, 0) is 5.88 Å². The summed E-state index contributed by atoms with van der Waals surface area (Å²) in [7, 11) is 0. The number of nitrogens with one attached hydrogen (secondary N) is 1.